The quantitative estimate of drug-likeness (QED) is 0.121. The predicted octanol–water partition coefficient (Wildman–Crippen LogP) is 7.57. The molecule has 2 fully saturated rings. The first-order valence-electron chi connectivity index (χ1n) is 21.5. The first-order chi connectivity index (χ1) is 29.4. The summed E-state index contributed by atoms with van der Waals surface area (Å²) >= 11 is 0. The van der Waals surface area contributed by atoms with E-state index in [9.17, 15) is 14.4 Å². The van der Waals surface area contributed by atoms with E-state index in [0.717, 1.165) is 90.4 Å². The van der Waals surface area contributed by atoms with Gasteiger partial charge in [0.1, 0.15) is 24.2 Å². The van der Waals surface area contributed by atoms with E-state index in [1.807, 2.05) is 33.9 Å². The minimum Gasteiger partial charge on any atom is -0.339 e. The number of Topliss-reactive ketones (excluding diaryl/α,β-unsaturated/α-hetero) is 2. The number of carbonyl (C=O) groups excluding carboxylic acids is 3. The van der Waals surface area contributed by atoms with Crippen molar-refractivity contribution >= 4 is 51.8 Å². The maximum atomic E-state index is 12.1. The van der Waals surface area contributed by atoms with Crippen molar-refractivity contribution in [2.75, 3.05) is 23.7 Å². The molecule has 14 heteroatoms. The summed E-state index contributed by atoms with van der Waals surface area (Å²) in [6, 6.07) is 12.5. The van der Waals surface area contributed by atoms with Crippen molar-refractivity contribution in [1.82, 2.24) is 44.1 Å². The molecule has 1 saturated heterocycles. The molecule has 1 saturated carbocycles. The van der Waals surface area contributed by atoms with Gasteiger partial charge >= 0.3 is 0 Å². The number of hydrogen-bond acceptors (Lipinski definition) is 11. The Labute approximate surface area is 348 Å². The maximum Gasteiger partial charge on any atom is 0.245 e. The highest BCUT2D eigenvalue weighted by Gasteiger charge is 2.26. The molecule has 3 aliphatic carbocycles. The van der Waals surface area contributed by atoms with Crippen molar-refractivity contribution in [2.45, 2.75) is 108 Å². The molecule has 1 unspecified atom stereocenters. The molecular formula is C46H51N11O3. The van der Waals surface area contributed by atoms with Crippen LogP contribution in [-0.2, 0) is 40.1 Å². The van der Waals surface area contributed by atoms with Gasteiger partial charge in [-0.25, -0.2) is 29.0 Å². The first kappa shape index (κ1) is 39.2. The summed E-state index contributed by atoms with van der Waals surface area (Å²) in [5.74, 6) is 2.53. The normalized spacial score (nSPS) is 18.5. The van der Waals surface area contributed by atoms with Crippen LogP contribution in [0.1, 0.15) is 116 Å². The molecule has 14 nitrogen and oxygen atoms in total. The number of hydrogen-bond donors (Lipinski definition) is 2. The SMILES string of the molecule is C=CC(=O)N1CCCC(c2cn3ncnc3c(Nc3ccc4c(c3)CC(=O)CCC4)n2)C1.O=C1CCCc2ccc(Nc3nc(C4CCCCC4)cn4ncnc34)cc2C1. The van der Waals surface area contributed by atoms with Gasteiger partial charge in [0.05, 0.1) is 23.8 Å². The van der Waals surface area contributed by atoms with E-state index in [4.69, 9.17) is 9.97 Å². The van der Waals surface area contributed by atoms with Crippen LogP contribution >= 0.6 is 0 Å². The van der Waals surface area contributed by atoms with E-state index >= 15 is 0 Å². The Hall–Kier alpha value is -6.31. The second-order valence-corrected chi connectivity index (χ2v) is 16.6. The number of fused-ring (bicyclic) bond motifs is 4. The smallest absolute Gasteiger partial charge is 0.245 e. The summed E-state index contributed by atoms with van der Waals surface area (Å²) in [4.78, 5) is 56.6. The maximum absolute atomic E-state index is 12.1. The number of ketones is 2. The topological polar surface area (TPSA) is 165 Å². The number of nitrogens with one attached hydrogen (secondary N) is 2. The Balaban J connectivity index is 0.000000155. The van der Waals surface area contributed by atoms with Crippen LogP contribution in [0.4, 0.5) is 23.0 Å². The molecule has 0 radical (unpaired) electrons. The Morgan fingerprint density at radius 2 is 1.18 bits per heavy atom. The van der Waals surface area contributed by atoms with Crippen molar-refractivity contribution in [3.8, 4) is 0 Å². The van der Waals surface area contributed by atoms with Gasteiger partial charge in [-0.1, -0.05) is 38.0 Å². The zero-order chi connectivity index (χ0) is 41.0. The molecule has 5 heterocycles. The zero-order valence-electron chi connectivity index (χ0n) is 34.0. The molecular weight excluding hydrogens is 755 g/mol. The average Bonchev–Trinajstić information content (AvgIpc) is 3.87. The highest BCUT2D eigenvalue weighted by molar-refractivity contribution is 5.87. The Kier molecular flexibility index (Phi) is 11.4. The van der Waals surface area contributed by atoms with Crippen LogP contribution < -0.4 is 10.6 Å². The third-order valence-corrected chi connectivity index (χ3v) is 12.4. The van der Waals surface area contributed by atoms with E-state index in [0.29, 0.717) is 55.4 Å². The van der Waals surface area contributed by atoms with Crippen molar-refractivity contribution in [2.24, 2.45) is 0 Å². The van der Waals surface area contributed by atoms with E-state index in [1.165, 1.54) is 55.6 Å². The number of carbonyl (C=O) groups is 3. The van der Waals surface area contributed by atoms with Crippen LogP contribution in [0.15, 0.2) is 74.1 Å². The molecule has 60 heavy (non-hydrogen) atoms. The van der Waals surface area contributed by atoms with Gasteiger partial charge in [-0.15, -0.1) is 0 Å². The molecule has 10 rings (SSSR count). The fourth-order valence-corrected chi connectivity index (χ4v) is 9.25. The summed E-state index contributed by atoms with van der Waals surface area (Å²) in [6.45, 7) is 4.96. The summed E-state index contributed by atoms with van der Waals surface area (Å²) in [5, 5.41) is 15.5. The van der Waals surface area contributed by atoms with Crippen LogP contribution in [0, 0.1) is 0 Å². The van der Waals surface area contributed by atoms with Crippen LogP contribution in [0.2, 0.25) is 0 Å². The van der Waals surface area contributed by atoms with Crippen molar-refractivity contribution in [1.29, 1.82) is 0 Å². The number of benzene rings is 2. The molecule has 4 aliphatic rings. The largest absolute Gasteiger partial charge is 0.339 e. The third kappa shape index (κ3) is 8.68. The lowest BCUT2D eigenvalue weighted by molar-refractivity contribution is -0.127. The number of anilines is 4. The molecule has 1 atom stereocenters. The zero-order valence-corrected chi connectivity index (χ0v) is 34.0. The Morgan fingerprint density at radius 1 is 0.650 bits per heavy atom. The number of aromatic nitrogens is 8. The first-order valence-corrected chi connectivity index (χ1v) is 21.5. The summed E-state index contributed by atoms with van der Waals surface area (Å²) in [7, 11) is 0. The molecule has 1 aliphatic heterocycles. The van der Waals surface area contributed by atoms with Gasteiger partial charge in [0.15, 0.2) is 22.9 Å². The van der Waals surface area contributed by atoms with Gasteiger partial charge < -0.3 is 15.5 Å². The lowest BCUT2D eigenvalue weighted by Gasteiger charge is -2.31. The number of piperidine rings is 1. The van der Waals surface area contributed by atoms with Gasteiger partial charge in [-0.3, -0.25) is 14.4 Å². The van der Waals surface area contributed by atoms with Crippen molar-refractivity contribution < 1.29 is 14.4 Å². The standard InChI is InChI=1S/C24H26N6O2.C22H25N5O/c1-2-22(32)29-10-4-6-17(13-29)21-14-30-24(25-15-26-30)23(28-21)27-19-9-8-16-5-3-7-20(31)12-18(16)11-19;28-19-8-4-7-15-9-10-18(11-17(15)12-19)25-21-22-23-14-24-27(22)13-20(26-21)16-5-2-1-3-6-16/h2,8-9,11,14-15,17H,1,3-7,10,12-13H2,(H,27,28);9-11,13-14,16H,1-8,12H2,(H,25,26). The lowest BCUT2D eigenvalue weighted by atomic mass is 9.87. The van der Waals surface area contributed by atoms with Crippen molar-refractivity contribution in [3.63, 3.8) is 0 Å². The molecule has 0 bridgehead atoms. The highest BCUT2D eigenvalue weighted by Crippen LogP contribution is 2.34. The monoisotopic (exact) mass is 805 g/mol. The predicted molar refractivity (Wildman–Crippen MR) is 229 cm³/mol. The van der Waals surface area contributed by atoms with Gasteiger partial charge in [0.25, 0.3) is 0 Å². The minimum absolute atomic E-state index is 0.0468. The van der Waals surface area contributed by atoms with E-state index in [-0.39, 0.29) is 17.6 Å². The third-order valence-electron chi connectivity index (χ3n) is 12.4. The molecule has 2 aromatic carbocycles. The molecule has 0 spiro atoms. The number of nitrogens with zero attached hydrogens (tertiary/aromatic N) is 9. The number of rotatable bonds is 7. The van der Waals surface area contributed by atoms with Gasteiger partial charge in [-0.2, -0.15) is 10.2 Å². The average molecular weight is 806 g/mol. The van der Waals surface area contributed by atoms with Crippen LogP contribution in [-0.4, -0.2) is 74.6 Å². The fraction of sp³-hybridized carbons (Fsp3) is 0.413. The molecule has 1 amide bonds. The summed E-state index contributed by atoms with van der Waals surface area (Å²) in [6.07, 6.45) is 22.6. The van der Waals surface area contributed by atoms with Crippen molar-refractivity contribution in [3.05, 3.63) is 108 Å². The van der Waals surface area contributed by atoms with Gasteiger partial charge in [0.2, 0.25) is 5.91 Å². The highest BCUT2D eigenvalue weighted by atomic mass is 16.2. The molecule has 6 aromatic rings. The summed E-state index contributed by atoms with van der Waals surface area (Å²) < 4.78 is 3.55. The van der Waals surface area contributed by atoms with E-state index < -0.39 is 0 Å². The van der Waals surface area contributed by atoms with E-state index in [1.54, 1.807) is 10.8 Å². The molecule has 2 N–H and O–H groups in total. The van der Waals surface area contributed by atoms with Gasteiger partial charge in [-0.05, 0) is 104 Å². The number of amides is 1. The number of aryl methyl sites for hydroxylation is 2. The van der Waals surface area contributed by atoms with Crippen LogP contribution in [0.3, 0.4) is 0 Å². The van der Waals surface area contributed by atoms with Gasteiger partial charge in [0, 0.05) is 62.0 Å². The summed E-state index contributed by atoms with van der Waals surface area (Å²) in [5.41, 5.74) is 9.89. The van der Waals surface area contributed by atoms with Crippen LogP contribution in [0.5, 0.6) is 0 Å². The molecule has 308 valence electrons. The van der Waals surface area contributed by atoms with Crippen LogP contribution in [0.25, 0.3) is 11.3 Å². The fourth-order valence-electron chi connectivity index (χ4n) is 9.25. The lowest BCUT2D eigenvalue weighted by Crippen LogP contribution is -2.38. The Bertz CT molecular complexity index is 2570. The Morgan fingerprint density at radius 3 is 1.73 bits per heavy atom. The second kappa shape index (κ2) is 17.5. The minimum atomic E-state index is -0.0468. The number of likely N-dealkylation sites (tertiary alicyclic amines) is 1. The molecule has 4 aromatic heterocycles. The van der Waals surface area contributed by atoms with E-state index in [2.05, 4.69) is 61.6 Å². The second-order valence-electron chi connectivity index (χ2n) is 16.6.